The first kappa shape index (κ1) is 20.3. The summed E-state index contributed by atoms with van der Waals surface area (Å²) in [5, 5.41) is 0. The smallest absolute Gasteiger partial charge is 0.241 e. The molecule has 0 aliphatic carbocycles. The fraction of sp³-hybridized carbons (Fsp3) is 0.400. The van der Waals surface area contributed by atoms with Crippen LogP contribution in [0.3, 0.4) is 0 Å². The van der Waals surface area contributed by atoms with E-state index in [1.54, 1.807) is 19.1 Å². The second-order valence-corrected chi connectivity index (χ2v) is 7.87. The Morgan fingerprint density at radius 3 is 2.23 bits per heavy atom. The molecule has 2 aromatic carbocycles. The van der Waals surface area contributed by atoms with Crippen molar-refractivity contribution in [3.63, 3.8) is 0 Å². The van der Waals surface area contributed by atoms with Crippen LogP contribution in [0.4, 0.5) is 0 Å². The average molecular weight is 378 g/mol. The van der Waals surface area contributed by atoms with E-state index in [1.165, 1.54) is 0 Å². The molecule has 0 saturated heterocycles. The zero-order chi connectivity index (χ0) is 19.3. The maximum Gasteiger partial charge on any atom is 0.241 e. The highest BCUT2D eigenvalue weighted by Crippen LogP contribution is 2.31. The second kappa shape index (κ2) is 8.56. The second-order valence-electron chi connectivity index (χ2n) is 6.18. The Morgan fingerprint density at radius 1 is 0.962 bits per heavy atom. The molecule has 5 nitrogen and oxygen atoms in total. The van der Waals surface area contributed by atoms with Gasteiger partial charge < -0.3 is 9.47 Å². The molecule has 0 aliphatic rings. The van der Waals surface area contributed by atoms with E-state index in [0.717, 1.165) is 16.7 Å². The molecule has 1 N–H and O–H groups in total. The number of ether oxygens (including phenoxy) is 2. The van der Waals surface area contributed by atoms with Gasteiger partial charge in [-0.05, 0) is 63.9 Å². The zero-order valence-corrected chi connectivity index (χ0v) is 16.8. The van der Waals surface area contributed by atoms with Gasteiger partial charge in [-0.2, -0.15) is 0 Å². The highest BCUT2D eigenvalue weighted by molar-refractivity contribution is 7.89. The van der Waals surface area contributed by atoms with Crippen molar-refractivity contribution in [1.82, 2.24) is 4.72 Å². The summed E-state index contributed by atoms with van der Waals surface area (Å²) in [6.07, 6.45) is 0. The van der Waals surface area contributed by atoms with Gasteiger partial charge in [-0.25, -0.2) is 13.1 Å². The first-order valence-electron chi connectivity index (χ1n) is 8.77. The molecular weight excluding hydrogens is 350 g/mol. The number of hydrogen-bond acceptors (Lipinski definition) is 4. The van der Waals surface area contributed by atoms with E-state index in [1.807, 2.05) is 52.0 Å². The Balaban J connectivity index is 2.28. The van der Waals surface area contributed by atoms with E-state index < -0.39 is 16.1 Å². The van der Waals surface area contributed by atoms with Gasteiger partial charge in [0.15, 0.2) is 11.5 Å². The van der Waals surface area contributed by atoms with Crippen molar-refractivity contribution in [3.05, 3.63) is 53.1 Å². The summed E-state index contributed by atoms with van der Waals surface area (Å²) in [7, 11) is -3.62. The van der Waals surface area contributed by atoms with Gasteiger partial charge in [0.05, 0.1) is 18.1 Å². The van der Waals surface area contributed by atoms with Gasteiger partial charge in [-0.3, -0.25) is 0 Å². The van der Waals surface area contributed by atoms with Crippen molar-refractivity contribution >= 4 is 10.0 Å². The van der Waals surface area contributed by atoms with Crippen molar-refractivity contribution in [2.75, 3.05) is 13.2 Å². The van der Waals surface area contributed by atoms with E-state index in [2.05, 4.69) is 4.72 Å². The minimum atomic E-state index is -3.62. The molecule has 0 spiro atoms. The number of benzene rings is 2. The first-order chi connectivity index (χ1) is 12.3. The van der Waals surface area contributed by atoms with Crippen molar-refractivity contribution in [2.45, 2.75) is 45.6 Å². The molecule has 0 bridgehead atoms. The Labute approximate surface area is 156 Å². The third kappa shape index (κ3) is 4.77. The molecule has 1 atom stereocenters. The van der Waals surface area contributed by atoms with Crippen LogP contribution in [0.15, 0.2) is 41.3 Å². The molecular formula is C20H27NO4S. The number of nitrogens with one attached hydrogen (secondary N) is 1. The van der Waals surface area contributed by atoms with Crippen LogP contribution in [0, 0.1) is 13.8 Å². The van der Waals surface area contributed by atoms with Crippen LogP contribution in [0.1, 0.15) is 43.5 Å². The maximum absolute atomic E-state index is 12.8. The van der Waals surface area contributed by atoms with Gasteiger partial charge in [0.2, 0.25) is 10.0 Å². The van der Waals surface area contributed by atoms with Crippen LogP contribution < -0.4 is 14.2 Å². The molecule has 0 aromatic heterocycles. The molecule has 0 aliphatic heterocycles. The number of rotatable bonds is 8. The number of aryl methyl sites for hydroxylation is 2. The van der Waals surface area contributed by atoms with Crippen molar-refractivity contribution in [2.24, 2.45) is 0 Å². The van der Waals surface area contributed by atoms with E-state index in [9.17, 15) is 8.42 Å². The van der Waals surface area contributed by atoms with Gasteiger partial charge in [-0.1, -0.05) is 23.8 Å². The Hall–Kier alpha value is -2.05. The first-order valence-corrected chi connectivity index (χ1v) is 10.3. The van der Waals surface area contributed by atoms with Crippen LogP contribution in [0.5, 0.6) is 11.5 Å². The van der Waals surface area contributed by atoms with Crippen LogP contribution in [0.2, 0.25) is 0 Å². The van der Waals surface area contributed by atoms with Crippen molar-refractivity contribution in [3.8, 4) is 11.5 Å². The van der Waals surface area contributed by atoms with E-state index in [-0.39, 0.29) is 0 Å². The summed E-state index contributed by atoms with van der Waals surface area (Å²) in [5.74, 6) is 1.27. The van der Waals surface area contributed by atoms with E-state index in [0.29, 0.717) is 29.6 Å². The summed E-state index contributed by atoms with van der Waals surface area (Å²) in [6, 6.07) is 10.4. The predicted molar refractivity (Wildman–Crippen MR) is 103 cm³/mol. The SMILES string of the molecule is CCOc1ccc([C@H](C)NS(=O)(=O)c2ccc(C)cc2C)cc1OCC. The Morgan fingerprint density at radius 2 is 1.62 bits per heavy atom. The standard InChI is InChI=1S/C20H27NO4S/c1-6-24-18-10-9-17(13-19(18)25-7-2)16(5)21-26(22,23)20-11-8-14(3)12-15(20)4/h8-13,16,21H,6-7H2,1-5H3/t16-/m0/s1. The van der Waals surface area contributed by atoms with Crippen molar-refractivity contribution in [1.29, 1.82) is 0 Å². The van der Waals surface area contributed by atoms with Gasteiger partial charge in [0, 0.05) is 6.04 Å². The fourth-order valence-corrected chi connectivity index (χ4v) is 4.26. The number of hydrogen-bond donors (Lipinski definition) is 1. The lowest BCUT2D eigenvalue weighted by Crippen LogP contribution is -2.27. The molecule has 0 fully saturated rings. The third-order valence-electron chi connectivity index (χ3n) is 4.02. The van der Waals surface area contributed by atoms with Gasteiger partial charge in [0.25, 0.3) is 0 Å². The molecule has 0 radical (unpaired) electrons. The summed E-state index contributed by atoms with van der Waals surface area (Å²) in [6.45, 7) is 10.4. The third-order valence-corrected chi connectivity index (χ3v) is 5.72. The van der Waals surface area contributed by atoms with E-state index >= 15 is 0 Å². The zero-order valence-electron chi connectivity index (χ0n) is 16.0. The highest BCUT2D eigenvalue weighted by Gasteiger charge is 2.21. The lowest BCUT2D eigenvalue weighted by Gasteiger charge is -2.18. The summed E-state index contributed by atoms with van der Waals surface area (Å²) in [5.41, 5.74) is 2.57. The summed E-state index contributed by atoms with van der Waals surface area (Å²) >= 11 is 0. The maximum atomic E-state index is 12.8. The molecule has 6 heteroatoms. The highest BCUT2D eigenvalue weighted by atomic mass is 32.2. The lowest BCUT2D eigenvalue weighted by atomic mass is 10.1. The average Bonchev–Trinajstić information content (AvgIpc) is 2.56. The summed E-state index contributed by atoms with van der Waals surface area (Å²) in [4.78, 5) is 0.297. The van der Waals surface area contributed by atoms with Gasteiger partial charge in [-0.15, -0.1) is 0 Å². The Bertz CT molecular complexity index is 862. The Kier molecular flexibility index (Phi) is 6.67. The molecule has 0 unspecified atom stereocenters. The molecule has 142 valence electrons. The topological polar surface area (TPSA) is 64.6 Å². The van der Waals surface area contributed by atoms with Crippen LogP contribution >= 0.6 is 0 Å². The predicted octanol–water partition coefficient (Wildman–Crippen LogP) is 4.14. The normalized spacial score (nSPS) is 12.7. The van der Waals surface area contributed by atoms with Crippen LogP contribution in [-0.4, -0.2) is 21.6 Å². The molecule has 2 rings (SSSR count). The van der Waals surface area contributed by atoms with Gasteiger partial charge in [0.1, 0.15) is 0 Å². The van der Waals surface area contributed by atoms with Crippen LogP contribution in [-0.2, 0) is 10.0 Å². The molecule has 2 aromatic rings. The van der Waals surface area contributed by atoms with E-state index in [4.69, 9.17) is 9.47 Å². The minimum absolute atomic E-state index is 0.297. The molecule has 0 heterocycles. The van der Waals surface area contributed by atoms with Gasteiger partial charge >= 0.3 is 0 Å². The lowest BCUT2D eigenvalue weighted by molar-refractivity contribution is 0.287. The molecule has 0 amide bonds. The fourth-order valence-electron chi connectivity index (χ4n) is 2.80. The quantitative estimate of drug-likeness (QED) is 0.751. The monoisotopic (exact) mass is 377 g/mol. The number of sulfonamides is 1. The minimum Gasteiger partial charge on any atom is -0.490 e. The summed E-state index contributed by atoms with van der Waals surface area (Å²) < 4.78 is 39.5. The largest absolute Gasteiger partial charge is 0.490 e. The van der Waals surface area contributed by atoms with Crippen LogP contribution in [0.25, 0.3) is 0 Å². The molecule has 0 saturated carbocycles. The van der Waals surface area contributed by atoms with Crippen molar-refractivity contribution < 1.29 is 17.9 Å². The molecule has 26 heavy (non-hydrogen) atoms.